The van der Waals surface area contributed by atoms with Gasteiger partial charge in [0, 0.05) is 58.7 Å². The SMILES string of the molecule is O=S(=O)(c1ccc2ccccc2n1)N1CCC[C@H]1CCN1CC=C(c2c[nH]c3ccc(Cl)cc23)CC1. The van der Waals surface area contributed by atoms with E-state index in [2.05, 4.69) is 27.1 Å². The van der Waals surface area contributed by atoms with Crippen LogP contribution >= 0.6 is 11.6 Å². The van der Waals surface area contributed by atoms with Crippen molar-refractivity contribution in [3.05, 3.63) is 77.5 Å². The number of benzene rings is 2. The van der Waals surface area contributed by atoms with Gasteiger partial charge in [-0.2, -0.15) is 4.31 Å². The summed E-state index contributed by atoms with van der Waals surface area (Å²) in [6, 6.07) is 17.1. The third-order valence-electron chi connectivity index (χ3n) is 7.53. The van der Waals surface area contributed by atoms with E-state index in [-0.39, 0.29) is 11.1 Å². The summed E-state index contributed by atoms with van der Waals surface area (Å²) >= 11 is 6.23. The molecule has 2 aromatic heterocycles. The summed E-state index contributed by atoms with van der Waals surface area (Å²) in [6.07, 6.45) is 7.97. The molecule has 1 fully saturated rings. The van der Waals surface area contributed by atoms with Crippen molar-refractivity contribution < 1.29 is 8.42 Å². The first kappa shape index (κ1) is 23.7. The fourth-order valence-corrected chi connectivity index (χ4v) is 7.41. The Bertz CT molecular complexity index is 1560. The van der Waals surface area contributed by atoms with Crippen molar-refractivity contribution in [3.8, 4) is 0 Å². The zero-order chi connectivity index (χ0) is 24.7. The van der Waals surface area contributed by atoms with Crippen molar-refractivity contribution in [2.24, 2.45) is 0 Å². The van der Waals surface area contributed by atoms with Crippen LogP contribution in [0.5, 0.6) is 0 Å². The van der Waals surface area contributed by atoms with Crippen LogP contribution in [0.1, 0.15) is 31.2 Å². The number of sulfonamides is 1. The monoisotopic (exact) mass is 520 g/mol. The molecule has 4 heterocycles. The number of pyridine rings is 1. The van der Waals surface area contributed by atoms with E-state index in [1.165, 1.54) is 11.1 Å². The number of fused-ring (bicyclic) bond motifs is 2. The van der Waals surface area contributed by atoms with E-state index in [9.17, 15) is 8.42 Å². The third-order valence-corrected chi connectivity index (χ3v) is 9.62. The van der Waals surface area contributed by atoms with Gasteiger partial charge in [-0.05, 0) is 74.2 Å². The number of hydrogen-bond donors (Lipinski definition) is 1. The summed E-state index contributed by atoms with van der Waals surface area (Å²) < 4.78 is 28.6. The first-order chi connectivity index (χ1) is 17.5. The maximum Gasteiger partial charge on any atom is 0.260 e. The topological polar surface area (TPSA) is 69.3 Å². The van der Waals surface area contributed by atoms with Gasteiger partial charge >= 0.3 is 0 Å². The number of para-hydroxylation sites is 1. The predicted octanol–water partition coefficient (Wildman–Crippen LogP) is 5.70. The van der Waals surface area contributed by atoms with Crippen LogP contribution in [0.4, 0.5) is 0 Å². The van der Waals surface area contributed by atoms with Crippen LogP contribution in [0.15, 0.2) is 71.9 Å². The van der Waals surface area contributed by atoms with Gasteiger partial charge in [-0.15, -0.1) is 0 Å². The first-order valence-electron chi connectivity index (χ1n) is 12.5. The molecular weight excluding hydrogens is 492 g/mol. The van der Waals surface area contributed by atoms with Crippen molar-refractivity contribution in [3.63, 3.8) is 0 Å². The molecule has 0 spiro atoms. The zero-order valence-corrected chi connectivity index (χ0v) is 21.6. The molecule has 1 saturated heterocycles. The summed E-state index contributed by atoms with van der Waals surface area (Å²) in [5.41, 5.74) is 4.37. The quantitative estimate of drug-likeness (QED) is 0.354. The fraction of sp³-hybridized carbons (Fsp3) is 0.321. The van der Waals surface area contributed by atoms with Gasteiger partial charge in [0.05, 0.1) is 5.52 Å². The van der Waals surface area contributed by atoms with Crippen LogP contribution in [0.2, 0.25) is 5.02 Å². The number of aromatic nitrogens is 2. The Hall–Kier alpha value is -2.71. The van der Waals surface area contributed by atoms with Crippen LogP contribution in [-0.2, 0) is 10.0 Å². The van der Waals surface area contributed by atoms with Gasteiger partial charge in [0.2, 0.25) is 0 Å². The first-order valence-corrected chi connectivity index (χ1v) is 14.4. The summed E-state index contributed by atoms with van der Waals surface area (Å²) in [5, 5.41) is 3.01. The molecule has 0 aliphatic carbocycles. The number of hydrogen-bond acceptors (Lipinski definition) is 4. The summed E-state index contributed by atoms with van der Waals surface area (Å²) in [7, 11) is -3.62. The Labute approximate surface area is 216 Å². The highest BCUT2D eigenvalue weighted by molar-refractivity contribution is 7.89. The van der Waals surface area contributed by atoms with E-state index >= 15 is 0 Å². The lowest BCUT2D eigenvalue weighted by Crippen LogP contribution is -2.39. The lowest BCUT2D eigenvalue weighted by Gasteiger charge is -2.29. The second kappa shape index (κ2) is 9.63. The Kier molecular flexibility index (Phi) is 6.33. The van der Waals surface area contributed by atoms with E-state index in [0.717, 1.165) is 66.6 Å². The molecule has 6 rings (SSSR count). The van der Waals surface area contributed by atoms with Crippen molar-refractivity contribution in [1.82, 2.24) is 19.2 Å². The normalized spacial score (nSPS) is 19.8. The minimum Gasteiger partial charge on any atom is -0.361 e. The van der Waals surface area contributed by atoms with Crippen LogP contribution in [0, 0.1) is 0 Å². The molecule has 2 aliphatic heterocycles. The average molecular weight is 521 g/mol. The fourth-order valence-electron chi connectivity index (χ4n) is 5.57. The molecule has 2 aliphatic rings. The van der Waals surface area contributed by atoms with Crippen molar-refractivity contribution in [2.75, 3.05) is 26.2 Å². The molecule has 0 unspecified atom stereocenters. The number of aromatic amines is 1. The molecule has 8 heteroatoms. The molecule has 36 heavy (non-hydrogen) atoms. The van der Waals surface area contributed by atoms with E-state index in [1.54, 1.807) is 10.4 Å². The minimum absolute atomic E-state index is 0.0180. The van der Waals surface area contributed by atoms with Crippen molar-refractivity contribution in [1.29, 1.82) is 0 Å². The van der Waals surface area contributed by atoms with Crippen LogP contribution in [0.3, 0.4) is 0 Å². The van der Waals surface area contributed by atoms with Gasteiger partial charge in [-0.25, -0.2) is 13.4 Å². The van der Waals surface area contributed by atoms with Gasteiger partial charge in [0.1, 0.15) is 0 Å². The molecular formula is C28H29ClN4O2S. The van der Waals surface area contributed by atoms with Crippen molar-refractivity contribution in [2.45, 2.75) is 36.8 Å². The number of rotatable bonds is 6. The van der Waals surface area contributed by atoms with Gasteiger partial charge in [-0.1, -0.05) is 35.9 Å². The van der Waals surface area contributed by atoms with E-state index < -0.39 is 10.0 Å². The molecule has 0 amide bonds. The third kappa shape index (κ3) is 4.45. The Morgan fingerprint density at radius 1 is 1.08 bits per heavy atom. The maximum absolute atomic E-state index is 13.5. The number of halogens is 1. The summed E-state index contributed by atoms with van der Waals surface area (Å²) in [4.78, 5) is 10.2. The van der Waals surface area contributed by atoms with E-state index in [1.807, 2.05) is 48.5 Å². The predicted molar refractivity (Wildman–Crippen MR) is 146 cm³/mol. The molecule has 0 radical (unpaired) electrons. The maximum atomic E-state index is 13.5. The average Bonchev–Trinajstić information content (AvgIpc) is 3.55. The smallest absolute Gasteiger partial charge is 0.260 e. The molecule has 1 atom stereocenters. The standard InChI is InChI=1S/C28H29ClN4O2S/c29-22-8-9-27-24(18-22)25(19-30-27)20-11-15-32(16-12-20)17-13-23-5-3-14-33(23)36(34,35)28-10-7-21-4-1-2-6-26(21)31-28/h1-2,4,6-11,18-19,23,30H,3,5,12-17H2/t23-/m0/s1. The summed E-state index contributed by atoms with van der Waals surface area (Å²) in [5.74, 6) is 0. The van der Waals surface area contributed by atoms with Crippen molar-refractivity contribution >= 4 is 49.0 Å². The highest BCUT2D eigenvalue weighted by Gasteiger charge is 2.36. The molecule has 186 valence electrons. The highest BCUT2D eigenvalue weighted by Crippen LogP contribution is 2.32. The molecule has 4 aromatic rings. The lowest BCUT2D eigenvalue weighted by molar-refractivity contribution is 0.262. The largest absolute Gasteiger partial charge is 0.361 e. The van der Waals surface area contributed by atoms with E-state index in [0.29, 0.717) is 12.1 Å². The molecule has 0 saturated carbocycles. The number of nitrogens with zero attached hydrogens (tertiary/aromatic N) is 3. The van der Waals surface area contributed by atoms with Gasteiger partial charge in [0.25, 0.3) is 10.0 Å². The second-order valence-electron chi connectivity index (χ2n) is 9.71. The van der Waals surface area contributed by atoms with Crippen LogP contribution < -0.4 is 0 Å². The number of nitrogens with one attached hydrogen (secondary N) is 1. The minimum atomic E-state index is -3.62. The summed E-state index contributed by atoms with van der Waals surface area (Å²) in [6.45, 7) is 3.28. The van der Waals surface area contributed by atoms with Gasteiger partial charge in [0.15, 0.2) is 5.03 Å². The molecule has 0 bridgehead atoms. The Morgan fingerprint density at radius 2 is 1.97 bits per heavy atom. The van der Waals surface area contributed by atoms with Crippen LogP contribution in [-0.4, -0.2) is 59.8 Å². The number of H-pyrrole nitrogens is 1. The van der Waals surface area contributed by atoms with Crippen LogP contribution in [0.25, 0.3) is 27.4 Å². The Balaban J connectivity index is 1.12. The molecule has 6 nitrogen and oxygen atoms in total. The lowest BCUT2D eigenvalue weighted by atomic mass is 9.98. The molecule has 1 N–H and O–H groups in total. The molecule has 2 aromatic carbocycles. The van der Waals surface area contributed by atoms with Gasteiger partial charge < -0.3 is 4.98 Å². The Morgan fingerprint density at radius 3 is 2.83 bits per heavy atom. The highest BCUT2D eigenvalue weighted by atomic mass is 35.5. The van der Waals surface area contributed by atoms with Gasteiger partial charge in [-0.3, -0.25) is 4.90 Å². The zero-order valence-electron chi connectivity index (χ0n) is 20.0. The second-order valence-corrected chi connectivity index (χ2v) is 12.0. The van der Waals surface area contributed by atoms with E-state index in [4.69, 9.17) is 11.6 Å².